The molecule has 1 aliphatic heterocycles. The fraction of sp³-hybridized carbons (Fsp3) is 0.400. The number of amides is 1. The van der Waals surface area contributed by atoms with E-state index in [1.807, 2.05) is 81.0 Å². The van der Waals surface area contributed by atoms with Crippen LogP contribution in [0.1, 0.15) is 66.7 Å². The Morgan fingerprint density at radius 3 is 2.68 bits per heavy atom. The van der Waals surface area contributed by atoms with Gasteiger partial charge in [0.2, 0.25) is 5.78 Å². The summed E-state index contributed by atoms with van der Waals surface area (Å²) < 4.78 is 13.7. The van der Waals surface area contributed by atoms with E-state index in [0.717, 1.165) is 53.9 Å². The van der Waals surface area contributed by atoms with Gasteiger partial charge in [0.1, 0.15) is 18.0 Å². The van der Waals surface area contributed by atoms with E-state index in [-0.39, 0.29) is 18.7 Å². The molecule has 1 N–H and O–H groups in total. The molecule has 4 aromatic rings. The molecule has 0 aliphatic carbocycles. The standard InChI is InChI=1S/C35H43N5O4/c1-25-20-36-33-37-21-29(40(33)22-25)12-13-31-30-18-28(23-41)32(43-24-26-10-7-6-8-11-26)19-27(30)14-17-39(31)16-9-15-38(5)34(42)44-35(2,3)4/h6-8,10-13,18-22,31,41H,9,14-17,23-24H2,1-5H3/b13-12+. The smallest absolute Gasteiger partial charge is 0.410 e. The van der Waals surface area contributed by atoms with E-state index in [1.165, 1.54) is 5.56 Å². The second-order valence-electron chi connectivity index (χ2n) is 12.4. The van der Waals surface area contributed by atoms with Crippen LogP contribution in [-0.4, -0.2) is 67.7 Å². The molecule has 5 rings (SSSR count). The van der Waals surface area contributed by atoms with Crippen molar-refractivity contribution >= 4 is 17.9 Å². The Morgan fingerprint density at radius 1 is 1.16 bits per heavy atom. The third kappa shape index (κ3) is 7.65. The summed E-state index contributed by atoms with van der Waals surface area (Å²) in [5, 5.41) is 10.3. The third-order valence-electron chi connectivity index (χ3n) is 7.73. The number of ether oxygens (including phenoxy) is 2. The zero-order valence-electron chi connectivity index (χ0n) is 26.4. The molecule has 3 heterocycles. The SMILES string of the molecule is Cc1cnc2ncc(/C=C/C3c4cc(CO)c(OCc5ccccc5)cc4CCN3CCCN(C)C(=O)OC(C)(C)C)n2c1. The molecule has 1 atom stereocenters. The molecule has 44 heavy (non-hydrogen) atoms. The van der Waals surface area contributed by atoms with Crippen LogP contribution in [-0.2, 0) is 24.4 Å². The number of aliphatic hydroxyl groups is 1. The Morgan fingerprint density at radius 2 is 1.93 bits per heavy atom. The predicted octanol–water partition coefficient (Wildman–Crippen LogP) is 5.98. The van der Waals surface area contributed by atoms with Crippen LogP contribution in [0.25, 0.3) is 11.9 Å². The number of carbonyl (C=O) groups is 1. The van der Waals surface area contributed by atoms with Crippen molar-refractivity contribution in [1.29, 1.82) is 0 Å². The van der Waals surface area contributed by atoms with E-state index in [1.54, 1.807) is 11.9 Å². The first-order chi connectivity index (χ1) is 21.1. The highest BCUT2D eigenvalue weighted by molar-refractivity contribution is 5.67. The summed E-state index contributed by atoms with van der Waals surface area (Å²) in [5.74, 6) is 1.37. The Kier molecular flexibility index (Phi) is 9.66. The van der Waals surface area contributed by atoms with Crippen molar-refractivity contribution in [3.05, 3.63) is 101 Å². The summed E-state index contributed by atoms with van der Waals surface area (Å²) >= 11 is 0. The van der Waals surface area contributed by atoms with Crippen molar-refractivity contribution in [2.24, 2.45) is 0 Å². The zero-order chi connectivity index (χ0) is 31.3. The monoisotopic (exact) mass is 597 g/mol. The first-order valence-corrected chi connectivity index (χ1v) is 15.2. The number of nitrogens with zero attached hydrogens (tertiary/aromatic N) is 5. The molecule has 9 nitrogen and oxygen atoms in total. The molecular formula is C35H43N5O4. The normalized spacial score (nSPS) is 15.5. The van der Waals surface area contributed by atoms with Gasteiger partial charge >= 0.3 is 6.09 Å². The average Bonchev–Trinajstić information content (AvgIpc) is 3.40. The van der Waals surface area contributed by atoms with Crippen molar-refractivity contribution in [3.63, 3.8) is 0 Å². The maximum absolute atomic E-state index is 12.5. The van der Waals surface area contributed by atoms with Gasteiger partial charge in [0.15, 0.2) is 0 Å². The first-order valence-electron chi connectivity index (χ1n) is 15.2. The van der Waals surface area contributed by atoms with Gasteiger partial charge in [-0.1, -0.05) is 36.4 Å². The quantitative estimate of drug-likeness (QED) is 0.241. The van der Waals surface area contributed by atoms with Crippen molar-refractivity contribution in [3.8, 4) is 5.75 Å². The Bertz CT molecular complexity index is 1610. The first kappa shape index (κ1) is 31.2. The molecule has 1 amide bonds. The molecule has 232 valence electrons. The van der Waals surface area contributed by atoms with E-state index in [0.29, 0.717) is 24.7 Å². The number of aliphatic hydroxyl groups excluding tert-OH is 1. The molecule has 9 heteroatoms. The van der Waals surface area contributed by atoms with E-state index in [4.69, 9.17) is 9.47 Å². The largest absolute Gasteiger partial charge is 0.489 e. The molecule has 0 spiro atoms. The van der Waals surface area contributed by atoms with Gasteiger partial charge in [-0.05, 0) is 81.0 Å². The van der Waals surface area contributed by atoms with Gasteiger partial charge in [0.25, 0.3) is 0 Å². The summed E-state index contributed by atoms with van der Waals surface area (Å²) in [7, 11) is 1.78. The predicted molar refractivity (Wildman–Crippen MR) is 171 cm³/mol. The molecule has 0 saturated heterocycles. The van der Waals surface area contributed by atoms with Gasteiger partial charge in [-0.2, -0.15) is 0 Å². The van der Waals surface area contributed by atoms with Crippen LogP contribution in [0.2, 0.25) is 0 Å². The van der Waals surface area contributed by atoms with E-state index < -0.39 is 5.60 Å². The minimum absolute atomic E-state index is 0.0395. The van der Waals surface area contributed by atoms with Gasteiger partial charge in [0, 0.05) is 44.6 Å². The topological polar surface area (TPSA) is 92.4 Å². The lowest BCUT2D eigenvalue weighted by Gasteiger charge is -2.37. The number of rotatable bonds is 10. The Labute approximate surface area is 259 Å². The minimum atomic E-state index is -0.530. The third-order valence-corrected chi connectivity index (χ3v) is 7.73. The van der Waals surface area contributed by atoms with Crippen LogP contribution in [0, 0.1) is 6.92 Å². The van der Waals surface area contributed by atoms with Gasteiger partial charge < -0.3 is 19.5 Å². The number of hydrogen-bond acceptors (Lipinski definition) is 7. The van der Waals surface area contributed by atoms with Crippen LogP contribution in [0.4, 0.5) is 4.79 Å². The minimum Gasteiger partial charge on any atom is -0.489 e. The van der Waals surface area contributed by atoms with Gasteiger partial charge in [-0.15, -0.1) is 0 Å². The highest BCUT2D eigenvalue weighted by Gasteiger charge is 2.28. The summed E-state index contributed by atoms with van der Waals surface area (Å²) in [6.45, 7) is 10.2. The second kappa shape index (κ2) is 13.6. The molecule has 0 fully saturated rings. The summed E-state index contributed by atoms with van der Waals surface area (Å²) in [6.07, 6.45) is 11.3. The van der Waals surface area contributed by atoms with Crippen LogP contribution >= 0.6 is 0 Å². The number of aryl methyl sites for hydroxylation is 1. The number of hydrogen-bond donors (Lipinski definition) is 1. The summed E-state index contributed by atoms with van der Waals surface area (Å²) in [6, 6.07) is 14.2. The maximum Gasteiger partial charge on any atom is 0.410 e. The molecule has 0 saturated carbocycles. The van der Waals surface area contributed by atoms with Crippen LogP contribution in [0.5, 0.6) is 5.75 Å². The average molecular weight is 598 g/mol. The van der Waals surface area contributed by atoms with E-state index >= 15 is 0 Å². The Hall–Kier alpha value is -4.21. The lowest BCUT2D eigenvalue weighted by Crippen LogP contribution is -2.38. The van der Waals surface area contributed by atoms with Crippen molar-refractivity contribution in [2.75, 3.05) is 26.7 Å². The summed E-state index contributed by atoms with van der Waals surface area (Å²) in [5.41, 5.74) is 5.66. The van der Waals surface area contributed by atoms with E-state index in [9.17, 15) is 9.90 Å². The lowest BCUT2D eigenvalue weighted by atomic mass is 9.89. The second-order valence-corrected chi connectivity index (χ2v) is 12.4. The van der Waals surface area contributed by atoms with Crippen molar-refractivity contribution < 1.29 is 19.4 Å². The number of benzene rings is 2. The van der Waals surface area contributed by atoms with Crippen molar-refractivity contribution in [1.82, 2.24) is 24.2 Å². The Balaban J connectivity index is 1.40. The number of carbonyl (C=O) groups excluding carboxylic acids is 1. The van der Waals surface area contributed by atoms with Crippen LogP contribution in [0.15, 0.2) is 67.1 Å². The number of imidazole rings is 1. The molecular weight excluding hydrogens is 554 g/mol. The molecule has 0 bridgehead atoms. The molecule has 0 radical (unpaired) electrons. The molecule has 2 aromatic carbocycles. The highest BCUT2D eigenvalue weighted by atomic mass is 16.6. The van der Waals surface area contributed by atoms with Crippen LogP contribution < -0.4 is 4.74 Å². The fourth-order valence-corrected chi connectivity index (χ4v) is 5.49. The van der Waals surface area contributed by atoms with Crippen molar-refractivity contribution in [2.45, 2.75) is 65.4 Å². The molecule has 1 aliphatic rings. The number of aromatic nitrogens is 3. The lowest BCUT2D eigenvalue weighted by molar-refractivity contribution is 0.0291. The fourth-order valence-electron chi connectivity index (χ4n) is 5.49. The summed E-state index contributed by atoms with van der Waals surface area (Å²) in [4.78, 5) is 25.5. The highest BCUT2D eigenvalue weighted by Crippen LogP contribution is 2.36. The van der Waals surface area contributed by atoms with Gasteiger partial charge in [0.05, 0.1) is 24.5 Å². The number of fused-ring (bicyclic) bond motifs is 2. The van der Waals surface area contributed by atoms with E-state index in [2.05, 4.69) is 39.2 Å². The maximum atomic E-state index is 12.5. The molecule has 2 aromatic heterocycles. The molecule has 1 unspecified atom stereocenters. The van der Waals surface area contributed by atoms with Gasteiger partial charge in [-0.25, -0.2) is 14.8 Å². The van der Waals surface area contributed by atoms with Crippen LogP contribution in [0.3, 0.4) is 0 Å². The van der Waals surface area contributed by atoms with Gasteiger partial charge in [-0.3, -0.25) is 9.30 Å². The zero-order valence-corrected chi connectivity index (χ0v) is 26.4.